The zero-order chi connectivity index (χ0) is 12.5. The van der Waals surface area contributed by atoms with Gasteiger partial charge in [-0.3, -0.25) is 0 Å². The maximum atomic E-state index is 9.01. The summed E-state index contributed by atoms with van der Waals surface area (Å²) in [6, 6.07) is 0. The second-order valence-electron chi connectivity index (χ2n) is 5.19. The van der Waals surface area contributed by atoms with Crippen molar-refractivity contribution in [2.45, 2.75) is 52.1 Å². The van der Waals surface area contributed by atoms with Gasteiger partial charge in [-0.05, 0) is 18.8 Å². The molecule has 1 fully saturated rings. The third-order valence-electron chi connectivity index (χ3n) is 3.62. The van der Waals surface area contributed by atoms with Crippen molar-refractivity contribution in [3.05, 3.63) is 0 Å². The molecule has 0 amide bonds. The molecule has 3 nitrogen and oxygen atoms in total. The number of hydrogen-bond acceptors (Lipinski definition) is 3. The quantitative estimate of drug-likeness (QED) is 0.677. The molecular formula is C14H28O3. The fraction of sp³-hybridized carbons (Fsp3) is 1.00. The Bertz CT molecular complexity index is 182. The Kier molecular flexibility index (Phi) is 7.82. The zero-order valence-corrected chi connectivity index (χ0v) is 11.4. The highest BCUT2D eigenvalue weighted by Gasteiger charge is 2.24. The van der Waals surface area contributed by atoms with E-state index in [2.05, 4.69) is 13.8 Å². The van der Waals surface area contributed by atoms with E-state index in [1.807, 2.05) is 0 Å². The molecule has 0 saturated carbocycles. The Hall–Kier alpha value is -0.120. The molecule has 0 aromatic carbocycles. The minimum atomic E-state index is 0.204. The minimum Gasteiger partial charge on any atom is -0.396 e. The summed E-state index contributed by atoms with van der Waals surface area (Å²) in [6.07, 6.45) is 6.19. The van der Waals surface area contributed by atoms with E-state index in [4.69, 9.17) is 14.6 Å². The normalized spacial score (nSPS) is 26.3. The van der Waals surface area contributed by atoms with Gasteiger partial charge in [-0.15, -0.1) is 0 Å². The van der Waals surface area contributed by atoms with E-state index in [0.717, 1.165) is 13.0 Å². The lowest BCUT2D eigenvalue weighted by Crippen LogP contribution is -2.18. The van der Waals surface area contributed by atoms with Gasteiger partial charge in [0.2, 0.25) is 0 Å². The van der Waals surface area contributed by atoms with Crippen LogP contribution in [0.15, 0.2) is 0 Å². The molecule has 1 aliphatic heterocycles. The molecule has 0 spiro atoms. The van der Waals surface area contributed by atoms with Crippen LogP contribution in [-0.2, 0) is 9.47 Å². The van der Waals surface area contributed by atoms with Gasteiger partial charge in [0, 0.05) is 19.1 Å². The van der Waals surface area contributed by atoms with E-state index in [1.165, 1.54) is 25.7 Å². The molecule has 17 heavy (non-hydrogen) atoms. The summed E-state index contributed by atoms with van der Waals surface area (Å²) in [6.45, 7) is 6.95. The third kappa shape index (κ3) is 5.84. The largest absolute Gasteiger partial charge is 0.396 e. The summed E-state index contributed by atoms with van der Waals surface area (Å²) in [7, 11) is 0. The highest BCUT2D eigenvalue weighted by atomic mass is 16.5. The summed E-state index contributed by atoms with van der Waals surface area (Å²) in [5.74, 6) is 1.02. The smallest absolute Gasteiger partial charge is 0.0813 e. The summed E-state index contributed by atoms with van der Waals surface area (Å²) in [4.78, 5) is 0. The van der Waals surface area contributed by atoms with Gasteiger partial charge in [0.15, 0.2) is 0 Å². The van der Waals surface area contributed by atoms with Crippen molar-refractivity contribution < 1.29 is 14.6 Å². The van der Waals surface area contributed by atoms with Crippen LogP contribution < -0.4 is 0 Å². The van der Waals surface area contributed by atoms with Crippen molar-refractivity contribution in [2.24, 2.45) is 11.8 Å². The van der Waals surface area contributed by atoms with Crippen molar-refractivity contribution in [1.29, 1.82) is 0 Å². The summed E-state index contributed by atoms with van der Waals surface area (Å²) < 4.78 is 11.3. The molecule has 1 saturated heterocycles. The molecule has 102 valence electrons. The van der Waals surface area contributed by atoms with Gasteiger partial charge in [0.25, 0.3) is 0 Å². The maximum Gasteiger partial charge on any atom is 0.0813 e. The molecule has 1 heterocycles. The standard InChI is InChI=1S/C14H28O3/c1-3-5-6-12(4-2)9-16-11-14-7-13(8-15)10-17-14/h12-15H,3-11H2,1-2H3/t12?,13?,14-/m1/s1. The summed E-state index contributed by atoms with van der Waals surface area (Å²) in [5.41, 5.74) is 0. The van der Waals surface area contributed by atoms with Crippen molar-refractivity contribution in [3.63, 3.8) is 0 Å². The van der Waals surface area contributed by atoms with Gasteiger partial charge < -0.3 is 14.6 Å². The van der Waals surface area contributed by atoms with Gasteiger partial charge in [-0.25, -0.2) is 0 Å². The number of unbranched alkanes of at least 4 members (excludes halogenated alkanes) is 1. The molecular weight excluding hydrogens is 216 g/mol. The van der Waals surface area contributed by atoms with Gasteiger partial charge in [0.05, 0.1) is 19.3 Å². The monoisotopic (exact) mass is 244 g/mol. The van der Waals surface area contributed by atoms with E-state index in [1.54, 1.807) is 0 Å². The van der Waals surface area contributed by atoms with Crippen LogP contribution in [0, 0.1) is 11.8 Å². The number of ether oxygens (including phenoxy) is 2. The zero-order valence-electron chi connectivity index (χ0n) is 11.4. The molecule has 3 atom stereocenters. The maximum absolute atomic E-state index is 9.01. The van der Waals surface area contributed by atoms with E-state index in [0.29, 0.717) is 25.0 Å². The van der Waals surface area contributed by atoms with Crippen LogP contribution in [0.3, 0.4) is 0 Å². The van der Waals surface area contributed by atoms with Crippen molar-refractivity contribution >= 4 is 0 Å². The lowest BCUT2D eigenvalue weighted by atomic mass is 10.0. The van der Waals surface area contributed by atoms with Crippen LogP contribution in [0.25, 0.3) is 0 Å². The summed E-state index contributed by atoms with van der Waals surface area (Å²) >= 11 is 0. The molecule has 1 rings (SSSR count). The van der Waals surface area contributed by atoms with Crippen LogP contribution >= 0.6 is 0 Å². The van der Waals surface area contributed by atoms with Gasteiger partial charge in [0.1, 0.15) is 0 Å². The van der Waals surface area contributed by atoms with Crippen LogP contribution in [0.5, 0.6) is 0 Å². The fourth-order valence-corrected chi connectivity index (χ4v) is 2.29. The Morgan fingerprint density at radius 1 is 1.41 bits per heavy atom. The second-order valence-corrected chi connectivity index (χ2v) is 5.19. The first-order valence-corrected chi connectivity index (χ1v) is 7.10. The van der Waals surface area contributed by atoms with E-state index >= 15 is 0 Å². The van der Waals surface area contributed by atoms with Gasteiger partial charge >= 0.3 is 0 Å². The molecule has 1 N–H and O–H groups in total. The number of rotatable bonds is 9. The number of hydrogen-bond donors (Lipinski definition) is 1. The summed E-state index contributed by atoms with van der Waals surface area (Å²) in [5, 5.41) is 9.01. The SMILES string of the molecule is CCCCC(CC)COC[C@H]1CC(CO)CO1. The fourth-order valence-electron chi connectivity index (χ4n) is 2.29. The lowest BCUT2D eigenvalue weighted by Gasteiger charge is -2.16. The molecule has 3 heteroatoms. The second kappa shape index (κ2) is 8.90. The molecule has 2 unspecified atom stereocenters. The molecule has 0 aromatic heterocycles. The topological polar surface area (TPSA) is 38.7 Å². The predicted molar refractivity (Wildman–Crippen MR) is 69.1 cm³/mol. The predicted octanol–water partition coefficient (Wildman–Crippen LogP) is 2.62. The first-order chi connectivity index (χ1) is 8.30. The Morgan fingerprint density at radius 3 is 2.82 bits per heavy atom. The average Bonchev–Trinajstić information content (AvgIpc) is 2.81. The highest BCUT2D eigenvalue weighted by molar-refractivity contribution is 4.72. The Labute approximate surface area is 105 Å². The minimum absolute atomic E-state index is 0.204. The highest BCUT2D eigenvalue weighted by Crippen LogP contribution is 2.20. The Balaban J connectivity index is 2.06. The van der Waals surface area contributed by atoms with E-state index in [9.17, 15) is 0 Å². The first kappa shape index (κ1) is 14.9. The van der Waals surface area contributed by atoms with Gasteiger partial charge in [-0.1, -0.05) is 33.1 Å². The van der Waals surface area contributed by atoms with Crippen LogP contribution in [0.4, 0.5) is 0 Å². The molecule has 0 bridgehead atoms. The van der Waals surface area contributed by atoms with E-state index < -0.39 is 0 Å². The van der Waals surface area contributed by atoms with Crippen molar-refractivity contribution in [1.82, 2.24) is 0 Å². The third-order valence-corrected chi connectivity index (χ3v) is 3.62. The number of aliphatic hydroxyl groups excluding tert-OH is 1. The lowest BCUT2D eigenvalue weighted by molar-refractivity contribution is 0.00284. The molecule has 0 aliphatic carbocycles. The Morgan fingerprint density at radius 2 is 2.24 bits per heavy atom. The molecule has 0 aromatic rings. The van der Waals surface area contributed by atoms with Crippen molar-refractivity contribution in [2.75, 3.05) is 26.4 Å². The average molecular weight is 244 g/mol. The van der Waals surface area contributed by atoms with Crippen LogP contribution in [-0.4, -0.2) is 37.6 Å². The first-order valence-electron chi connectivity index (χ1n) is 7.10. The molecule has 1 aliphatic rings. The van der Waals surface area contributed by atoms with Crippen LogP contribution in [0.1, 0.15) is 46.0 Å². The van der Waals surface area contributed by atoms with Crippen molar-refractivity contribution in [3.8, 4) is 0 Å². The van der Waals surface area contributed by atoms with Gasteiger partial charge in [-0.2, -0.15) is 0 Å². The van der Waals surface area contributed by atoms with E-state index in [-0.39, 0.29) is 12.7 Å². The molecule has 0 radical (unpaired) electrons. The number of aliphatic hydroxyl groups is 1. The van der Waals surface area contributed by atoms with Crippen LogP contribution in [0.2, 0.25) is 0 Å².